The molecule has 0 aliphatic heterocycles. The number of ether oxygens (including phenoxy) is 1. The van der Waals surface area contributed by atoms with E-state index in [1.165, 1.54) is 30.2 Å². The molecule has 1 unspecified atom stereocenters. The minimum absolute atomic E-state index is 0.153. The van der Waals surface area contributed by atoms with Crippen LogP contribution in [0.15, 0.2) is 0 Å². The van der Waals surface area contributed by atoms with Gasteiger partial charge in [0.05, 0.1) is 18.1 Å². The summed E-state index contributed by atoms with van der Waals surface area (Å²) in [5.74, 6) is -0.392. The second-order valence-corrected chi connectivity index (χ2v) is 5.66. The number of rotatable bonds is 5. The largest absolute Gasteiger partial charge is 0.468 e. The summed E-state index contributed by atoms with van der Waals surface area (Å²) in [6.07, 6.45) is 0. The predicted molar refractivity (Wildman–Crippen MR) is 67.2 cm³/mol. The number of nitrogens with zero attached hydrogens (tertiary/aromatic N) is 2. The highest BCUT2D eigenvalue weighted by Gasteiger charge is 2.16. The lowest BCUT2D eigenvalue weighted by Crippen LogP contribution is -2.23. The van der Waals surface area contributed by atoms with E-state index in [9.17, 15) is 9.59 Å². The first-order chi connectivity index (χ1) is 8.02. The van der Waals surface area contributed by atoms with Crippen molar-refractivity contribution in [3.63, 3.8) is 0 Å². The molecule has 1 aromatic heterocycles. The topological polar surface area (TPSA) is 81.2 Å². The van der Waals surface area contributed by atoms with Gasteiger partial charge in [0, 0.05) is 0 Å². The van der Waals surface area contributed by atoms with E-state index >= 15 is 0 Å². The van der Waals surface area contributed by atoms with Gasteiger partial charge < -0.3 is 4.74 Å². The summed E-state index contributed by atoms with van der Waals surface area (Å²) in [6, 6.07) is 0. The van der Waals surface area contributed by atoms with Crippen LogP contribution in [0, 0.1) is 6.92 Å². The van der Waals surface area contributed by atoms with Crippen LogP contribution in [0.3, 0.4) is 0 Å². The summed E-state index contributed by atoms with van der Waals surface area (Å²) in [6.45, 7) is 3.53. The van der Waals surface area contributed by atoms with E-state index in [4.69, 9.17) is 0 Å². The normalized spacial score (nSPS) is 11.9. The van der Waals surface area contributed by atoms with E-state index in [0.717, 1.165) is 5.01 Å². The molecule has 17 heavy (non-hydrogen) atoms. The first kappa shape index (κ1) is 13.9. The van der Waals surface area contributed by atoms with Crippen molar-refractivity contribution in [3.05, 3.63) is 5.01 Å². The minimum Gasteiger partial charge on any atom is -0.468 e. The first-order valence-corrected chi connectivity index (χ1v) is 6.69. The molecule has 1 atom stereocenters. The molecule has 94 valence electrons. The highest BCUT2D eigenvalue weighted by atomic mass is 32.2. The fraction of sp³-hybridized carbons (Fsp3) is 0.556. The Kier molecular flexibility index (Phi) is 5.36. The van der Waals surface area contributed by atoms with Gasteiger partial charge in [-0.3, -0.25) is 14.9 Å². The summed E-state index contributed by atoms with van der Waals surface area (Å²) in [4.78, 5) is 22.6. The number of aromatic nitrogens is 2. The molecule has 1 amide bonds. The standard InChI is InChI=1S/C9H13N3O3S2/c1-5(16-4-7(13)15-3)8(14)10-9-12-11-6(2)17-9/h5H,4H2,1-3H3,(H,10,12,14). The summed E-state index contributed by atoms with van der Waals surface area (Å²) < 4.78 is 4.49. The minimum atomic E-state index is -0.349. The third-order valence-electron chi connectivity index (χ3n) is 1.80. The number of thioether (sulfide) groups is 1. The van der Waals surface area contributed by atoms with Crippen LogP contribution in [-0.2, 0) is 14.3 Å². The molecule has 1 aromatic rings. The lowest BCUT2D eigenvalue weighted by atomic mass is 10.4. The predicted octanol–water partition coefficient (Wildman–Crippen LogP) is 1.08. The zero-order chi connectivity index (χ0) is 12.8. The molecule has 8 heteroatoms. The van der Waals surface area contributed by atoms with Crippen molar-refractivity contribution in [2.24, 2.45) is 0 Å². The molecule has 0 fully saturated rings. The number of methoxy groups -OCH3 is 1. The number of esters is 1. The van der Waals surface area contributed by atoms with Crippen LogP contribution >= 0.6 is 23.1 Å². The zero-order valence-electron chi connectivity index (χ0n) is 9.72. The van der Waals surface area contributed by atoms with Gasteiger partial charge in [0.2, 0.25) is 11.0 Å². The van der Waals surface area contributed by atoms with Crippen molar-refractivity contribution in [2.45, 2.75) is 19.1 Å². The number of hydrogen-bond donors (Lipinski definition) is 1. The van der Waals surface area contributed by atoms with Gasteiger partial charge in [-0.2, -0.15) is 0 Å². The maximum atomic E-state index is 11.7. The summed E-state index contributed by atoms with van der Waals surface area (Å²) in [5.41, 5.74) is 0. The van der Waals surface area contributed by atoms with Gasteiger partial charge >= 0.3 is 5.97 Å². The summed E-state index contributed by atoms with van der Waals surface area (Å²) in [5, 5.41) is 11.1. The van der Waals surface area contributed by atoms with Crippen LogP contribution in [-0.4, -0.2) is 40.2 Å². The van der Waals surface area contributed by atoms with Crippen LogP contribution in [0.2, 0.25) is 0 Å². The van der Waals surface area contributed by atoms with Crippen molar-refractivity contribution < 1.29 is 14.3 Å². The van der Waals surface area contributed by atoms with E-state index < -0.39 is 0 Å². The van der Waals surface area contributed by atoms with Gasteiger partial charge in [-0.1, -0.05) is 11.3 Å². The number of carbonyl (C=O) groups is 2. The maximum Gasteiger partial charge on any atom is 0.315 e. The number of nitrogens with one attached hydrogen (secondary N) is 1. The number of carbonyl (C=O) groups excluding carboxylic acids is 2. The van der Waals surface area contributed by atoms with Gasteiger partial charge in [-0.15, -0.1) is 22.0 Å². The number of anilines is 1. The van der Waals surface area contributed by atoms with E-state index in [1.807, 2.05) is 6.92 Å². The molecule has 1 rings (SSSR count). The molecule has 1 N–H and O–H groups in total. The quantitative estimate of drug-likeness (QED) is 0.810. The lowest BCUT2D eigenvalue weighted by molar-refractivity contribution is -0.137. The SMILES string of the molecule is COC(=O)CSC(C)C(=O)Nc1nnc(C)s1. The number of hydrogen-bond acceptors (Lipinski definition) is 7. The second kappa shape index (κ2) is 6.55. The average molecular weight is 275 g/mol. The third-order valence-corrected chi connectivity index (χ3v) is 3.67. The van der Waals surface area contributed by atoms with Gasteiger partial charge in [0.25, 0.3) is 0 Å². The molecule has 0 aliphatic carbocycles. The van der Waals surface area contributed by atoms with Crippen molar-refractivity contribution in [1.82, 2.24) is 10.2 Å². The summed E-state index contributed by atoms with van der Waals surface area (Å²) >= 11 is 2.52. The van der Waals surface area contributed by atoms with Crippen molar-refractivity contribution in [2.75, 3.05) is 18.2 Å². The van der Waals surface area contributed by atoms with Crippen LogP contribution < -0.4 is 5.32 Å². The van der Waals surface area contributed by atoms with E-state index in [2.05, 4.69) is 20.3 Å². The Labute approximate surface area is 107 Å². The van der Waals surface area contributed by atoms with Crippen molar-refractivity contribution in [3.8, 4) is 0 Å². The van der Waals surface area contributed by atoms with Gasteiger partial charge in [-0.25, -0.2) is 0 Å². The Morgan fingerprint density at radius 1 is 1.53 bits per heavy atom. The molecule has 1 heterocycles. The Balaban J connectivity index is 2.39. The first-order valence-electron chi connectivity index (χ1n) is 4.82. The second-order valence-electron chi connectivity index (χ2n) is 3.14. The van der Waals surface area contributed by atoms with Crippen molar-refractivity contribution in [1.29, 1.82) is 0 Å². The van der Waals surface area contributed by atoms with Gasteiger partial charge in [0.1, 0.15) is 5.01 Å². The average Bonchev–Trinajstić information content (AvgIpc) is 2.70. The molecule has 0 bridgehead atoms. The summed E-state index contributed by atoms with van der Waals surface area (Å²) in [7, 11) is 1.32. The zero-order valence-corrected chi connectivity index (χ0v) is 11.4. The van der Waals surface area contributed by atoms with E-state index in [-0.39, 0.29) is 22.9 Å². The lowest BCUT2D eigenvalue weighted by Gasteiger charge is -2.08. The number of amides is 1. The Morgan fingerprint density at radius 3 is 2.76 bits per heavy atom. The fourth-order valence-corrected chi connectivity index (χ4v) is 2.19. The highest BCUT2D eigenvalue weighted by molar-refractivity contribution is 8.01. The molecular weight excluding hydrogens is 262 g/mol. The fourth-order valence-electron chi connectivity index (χ4n) is 0.882. The van der Waals surface area contributed by atoms with Gasteiger partial charge in [0.15, 0.2) is 0 Å². The highest BCUT2D eigenvalue weighted by Crippen LogP contribution is 2.17. The van der Waals surface area contributed by atoms with Crippen LogP contribution in [0.5, 0.6) is 0 Å². The monoisotopic (exact) mass is 275 g/mol. The molecule has 0 radical (unpaired) electrons. The van der Waals surface area contributed by atoms with Crippen LogP contribution in [0.25, 0.3) is 0 Å². The Morgan fingerprint density at radius 2 is 2.24 bits per heavy atom. The smallest absolute Gasteiger partial charge is 0.315 e. The molecule has 0 aliphatic rings. The maximum absolute atomic E-state index is 11.7. The molecule has 6 nitrogen and oxygen atoms in total. The molecule has 0 saturated carbocycles. The Hall–Kier alpha value is -1.15. The molecular formula is C9H13N3O3S2. The van der Waals surface area contributed by atoms with E-state index in [0.29, 0.717) is 5.13 Å². The molecule has 0 spiro atoms. The van der Waals surface area contributed by atoms with E-state index in [1.54, 1.807) is 6.92 Å². The van der Waals surface area contributed by atoms with Crippen LogP contribution in [0.4, 0.5) is 5.13 Å². The van der Waals surface area contributed by atoms with Gasteiger partial charge in [-0.05, 0) is 13.8 Å². The molecule has 0 saturated heterocycles. The Bertz CT molecular complexity index is 408. The third kappa shape index (κ3) is 4.70. The van der Waals surface area contributed by atoms with Crippen molar-refractivity contribution >= 4 is 40.1 Å². The molecule has 0 aromatic carbocycles. The number of aryl methyl sites for hydroxylation is 1. The van der Waals surface area contributed by atoms with Crippen LogP contribution in [0.1, 0.15) is 11.9 Å².